The van der Waals surface area contributed by atoms with Crippen LogP contribution < -0.4 is 0 Å². The summed E-state index contributed by atoms with van der Waals surface area (Å²) in [5.74, 6) is -0.163. The summed E-state index contributed by atoms with van der Waals surface area (Å²) in [7, 11) is 0. The number of nitrogens with zero attached hydrogens (tertiary/aromatic N) is 2. The molecule has 1 aliphatic rings. The van der Waals surface area contributed by atoms with Crippen LogP contribution >= 0.6 is 0 Å². The zero-order valence-corrected chi connectivity index (χ0v) is 13.2. The number of aromatic nitrogens is 1. The number of nitriles is 1. The van der Waals surface area contributed by atoms with Crippen molar-refractivity contribution in [1.29, 1.82) is 5.26 Å². The van der Waals surface area contributed by atoms with Crippen LogP contribution in [0.1, 0.15) is 50.9 Å². The Kier molecular flexibility index (Phi) is 3.44. The van der Waals surface area contributed by atoms with E-state index in [1.165, 1.54) is 5.69 Å². The van der Waals surface area contributed by atoms with E-state index in [0.29, 0.717) is 12.0 Å². The second kappa shape index (κ2) is 5.17. The summed E-state index contributed by atoms with van der Waals surface area (Å²) in [4.78, 5) is 12.1. The maximum atomic E-state index is 12.1. The third kappa shape index (κ3) is 2.71. The van der Waals surface area contributed by atoms with Crippen molar-refractivity contribution in [1.82, 2.24) is 4.57 Å². The van der Waals surface area contributed by atoms with Gasteiger partial charge in [-0.1, -0.05) is 6.07 Å². The van der Waals surface area contributed by atoms with Crippen LogP contribution in [0.25, 0.3) is 10.9 Å². The molecule has 2 heterocycles. The second-order valence-electron chi connectivity index (χ2n) is 6.87. The molecule has 2 aromatic rings. The minimum Gasteiger partial charge on any atom is -0.460 e. The van der Waals surface area contributed by atoms with Gasteiger partial charge in [-0.25, -0.2) is 0 Å². The first kappa shape index (κ1) is 14.6. The number of aryl methyl sites for hydroxylation is 1. The molecular formula is C18H20N2O2. The molecule has 0 spiro atoms. The fourth-order valence-electron chi connectivity index (χ4n) is 3.18. The minimum atomic E-state index is -0.453. The summed E-state index contributed by atoms with van der Waals surface area (Å²) in [5, 5.41) is 10.2. The molecule has 1 aliphatic heterocycles. The third-order valence-electron chi connectivity index (χ3n) is 3.97. The lowest BCUT2D eigenvalue weighted by molar-refractivity contribution is -0.155. The van der Waals surface area contributed by atoms with Gasteiger partial charge in [0.2, 0.25) is 0 Å². The van der Waals surface area contributed by atoms with Gasteiger partial charge >= 0.3 is 5.97 Å². The fraction of sp³-hybridized carbons (Fsp3) is 0.444. The molecule has 3 rings (SSSR count). The van der Waals surface area contributed by atoms with Gasteiger partial charge in [0.1, 0.15) is 5.60 Å². The van der Waals surface area contributed by atoms with E-state index in [1.54, 1.807) is 0 Å². The Labute approximate surface area is 130 Å². The van der Waals surface area contributed by atoms with E-state index in [0.717, 1.165) is 23.7 Å². The van der Waals surface area contributed by atoms with Gasteiger partial charge in [-0.3, -0.25) is 4.79 Å². The maximum absolute atomic E-state index is 12.1. The quantitative estimate of drug-likeness (QED) is 0.793. The number of carbonyl (C=O) groups is 1. The van der Waals surface area contributed by atoms with Crippen molar-refractivity contribution in [3.05, 3.63) is 35.5 Å². The Balaban J connectivity index is 1.90. The largest absolute Gasteiger partial charge is 0.460 e. The van der Waals surface area contributed by atoms with Gasteiger partial charge in [0, 0.05) is 17.3 Å². The number of carbonyl (C=O) groups excluding carboxylic acids is 1. The van der Waals surface area contributed by atoms with E-state index in [9.17, 15) is 4.79 Å². The summed E-state index contributed by atoms with van der Waals surface area (Å²) in [6.07, 6.45) is 2.29. The molecule has 0 aliphatic carbocycles. The van der Waals surface area contributed by atoms with Crippen molar-refractivity contribution in [2.75, 3.05) is 0 Å². The minimum absolute atomic E-state index is 0.122. The summed E-state index contributed by atoms with van der Waals surface area (Å²) in [6, 6.07) is 10.2. The van der Waals surface area contributed by atoms with Gasteiger partial charge in [0.05, 0.1) is 18.1 Å². The van der Waals surface area contributed by atoms with Gasteiger partial charge in [0.15, 0.2) is 0 Å². The zero-order valence-electron chi connectivity index (χ0n) is 13.2. The summed E-state index contributed by atoms with van der Waals surface area (Å²) >= 11 is 0. The lowest BCUT2D eigenvalue weighted by atomic mass is 10.1. The van der Waals surface area contributed by atoms with Crippen molar-refractivity contribution in [2.45, 2.75) is 51.7 Å². The highest BCUT2D eigenvalue weighted by molar-refractivity contribution is 5.83. The van der Waals surface area contributed by atoms with Gasteiger partial charge in [0.25, 0.3) is 0 Å². The normalized spacial score (nSPS) is 17.3. The SMILES string of the molecule is CC(C)(C)OC(=O)CC1CCc2cc3ccc(C#N)cc3n21. The summed E-state index contributed by atoms with van der Waals surface area (Å²) in [6.45, 7) is 5.65. The second-order valence-corrected chi connectivity index (χ2v) is 6.87. The first-order valence-electron chi connectivity index (χ1n) is 7.63. The Bertz CT molecular complexity index is 775. The molecule has 1 aromatic carbocycles. The van der Waals surface area contributed by atoms with Crippen LogP contribution in [0.15, 0.2) is 24.3 Å². The van der Waals surface area contributed by atoms with E-state index in [1.807, 2.05) is 39.0 Å². The summed E-state index contributed by atoms with van der Waals surface area (Å²) < 4.78 is 7.65. The van der Waals surface area contributed by atoms with Crippen molar-refractivity contribution >= 4 is 16.9 Å². The van der Waals surface area contributed by atoms with Crippen LogP contribution in [-0.2, 0) is 16.0 Å². The van der Waals surface area contributed by atoms with Gasteiger partial charge < -0.3 is 9.30 Å². The molecule has 4 heteroatoms. The highest BCUT2D eigenvalue weighted by Crippen LogP contribution is 2.35. The van der Waals surface area contributed by atoms with Crippen molar-refractivity contribution < 1.29 is 9.53 Å². The monoisotopic (exact) mass is 296 g/mol. The van der Waals surface area contributed by atoms with Crippen molar-refractivity contribution in [3.63, 3.8) is 0 Å². The lowest BCUT2D eigenvalue weighted by Crippen LogP contribution is -2.25. The van der Waals surface area contributed by atoms with Gasteiger partial charge in [-0.2, -0.15) is 5.26 Å². The number of rotatable bonds is 2. The molecule has 0 saturated heterocycles. The zero-order chi connectivity index (χ0) is 15.9. The van der Waals surface area contributed by atoms with E-state index in [2.05, 4.69) is 16.7 Å². The molecule has 0 saturated carbocycles. The van der Waals surface area contributed by atoms with Crippen LogP contribution in [0, 0.1) is 11.3 Å². The van der Waals surface area contributed by atoms with E-state index < -0.39 is 5.60 Å². The highest BCUT2D eigenvalue weighted by Gasteiger charge is 2.28. The number of esters is 1. The molecule has 0 amide bonds. The molecule has 4 nitrogen and oxygen atoms in total. The molecule has 1 unspecified atom stereocenters. The molecule has 114 valence electrons. The van der Waals surface area contributed by atoms with E-state index in [4.69, 9.17) is 10.00 Å². The molecule has 1 aromatic heterocycles. The van der Waals surface area contributed by atoms with Crippen LogP contribution in [0.5, 0.6) is 0 Å². The average Bonchev–Trinajstić information content (AvgIpc) is 2.96. The topological polar surface area (TPSA) is 55.0 Å². The molecule has 0 N–H and O–H groups in total. The smallest absolute Gasteiger partial charge is 0.308 e. The Morgan fingerprint density at radius 2 is 2.18 bits per heavy atom. The Morgan fingerprint density at radius 3 is 2.86 bits per heavy atom. The van der Waals surface area contributed by atoms with Crippen LogP contribution in [0.2, 0.25) is 0 Å². The number of benzene rings is 1. The molecule has 1 atom stereocenters. The van der Waals surface area contributed by atoms with Crippen LogP contribution in [0.3, 0.4) is 0 Å². The summed E-state index contributed by atoms with van der Waals surface area (Å²) in [5.41, 5.74) is 2.47. The highest BCUT2D eigenvalue weighted by atomic mass is 16.6. The predicted octanol–water partition coefficient (Wildman–Crippen LogP) is 3.73. The Morgan fingerprint density at radius 1 is 1.41 bits per heavy atom. The number of ether oxygens (including phenoxy) is 1. The van der Waals surface area contributed by atoms with Crippen molar-refractivity contribution in [2.24, 2.45) is 0 Å². The number of fused-ring (bicyclic) bond motifs is 3. The van der Waals surface area contributed by atoms with Crippen molar-refractivity contribution in [3.8, 4) is 6.07 Å². The molecule has 22 heavy (non-hydrogen) atoms. The molecule has 0 radical (unpaired) electrons. The van der Waals surface area contributed by atoms with E-state index >= 15 is 0 Å². The first-order chi connectivity index (χ1) is 10.4. The molecule has 0 bridgehead atoms. The first-order valence-corrected chi connectivity index (χ1v) is 7.63. The lowest BCUT2D eigenvalue weighted by Gasteiger charge is -2.21. The Hall–Kier alpha value is -2.28. The van der Waals surface area contributed by atoms with E-state index in [-0.39, 0.29) is 12.0 Å². The number of hydrogen-bond acceptors (Lipinski definition) is 3. The average molecular weight is 296 g/mol. The number of hydrogen-bond donors (Lipinski definition) is 0. The van der Waals surface area contributed by atoms with Crippen LogP contribution in [-0.4, -0.2) is 16.1 Å². The molecule has 0 fully saturated rings. The van der Waals surface area contributed by atoms with Gasteiger partial charge in [-0.15, -0.1) is 0 Å². The maximum Gasteiger partial charge on any atom is 0.308 e. The standard InChI is InChI=1S/C18H20N2O2/c1-18(2,3)22-17(21)10-15-7-6-14-9-13-5-4-12(11-19)8-16(13)20(14)15/h4-5,8-9,15H,6-7,10H2,1-3H3. The van der Waals surface area contributed by atoms with Crippen LogP contribution in [0.4, 0.5) is 0 Å². The fourth-order valence-corrected chi connectivity index (χ4v) is 3.18. The van der Waals surface area contributed by atoms with Gasteiger partial charge in [-0.05, 0) is 57.2 Å². The predicted molar refractivity (Wildman–Crippen MR) is 84.5 cm³/mol. The third-order valence-corrected chi connectivity index (χ3v) is 3.97. The molecular weight excluding hydrogens is 276 g/mol.